The lowest BCUT2D eigenvalue weighted by atomic mass is 10.0. The van der Waals surface area contributed by atoms with Crippen molar-refractivity contribution in [2.45, 2.75) is 6.92 Å². The van der Waals surface area contributed by atoms with Crippen LogP contribution in [0.15, 0.2) is 36.9 Å². The second kappa shape index (κ2) is 7.17. The lowest BCUT2D eigenvalue weighted by Crippen LogP contribution is -2.48. The highest BCUT2D eigenvalue weighted by Crippen LogP contribution is 2.31. The van der Waals surface area contributed by atoms with Gasteiger partial charge in [-0.15, -0.1) is 10.2 Å². The van der Waals surface area contributed by atoms with Crippen LogP contribution in [0.5, 0.6) is 11.5 Å². The largest absolute Gasteiger partial charge is 0.491 e. The summed E-state index contributed by atoms with van der Waals surface area (Å²) in [5.41, 5.74) is 1.56. The van der Waals surface area contributed by atoms with Crippen LogP contribution in [0.4, 0.5) is 11.5 Å². The van der Waals surface area contributed by atoms with Crippen LogP contribution in [0.1, 0.15) is 6.92 Å². The summed E-state index contributed by atoms with van der Waals surface area (Å²) in [6, 6.07) is 5.72. The van der Waals surface area contributed by atoms with Crippen LogP contribution in [-0.2, 0) is 0 Å². The van der Waals surface area contributed by atoms with E-state index in [1.165, 1.54) is 0 Å². The van der Waals surface area contributed by atoms with Crippen molar-refractivity contribution in [1.29, 1.82) is 0 Å². The van der Waals surface area contributed by atoms with Gasteiger partial charge in [0.05, 0.1) is 25.6 Å². The molecule has 1 saturated heterocycles. The zero-order valence-corrected chi connectivity index (χ0v) is 14.9. The predicted octanol–water partition coefficient (Wildman–Crippen LogP) is 2.21. The molecule has 136 valence electrons. The van der Waals surface area contributed by atoms with Crippen molar-refractivity contribution in [2.75, 3.05) is 38.7 Å². The fourth-order valence-electron chi connectivity index (χ4n) is 3.09. The van der Waals surface area contributed by atoms with Gasteiger partial charge in [-0.25, -0.2) is 4.98 Å². The van der Waals surface area contributed by atoms with E-state index in [0.717, 1.165) is 31.0 Å². The van der Waals surface area contributed by atoms with E-state index in [2.05, 4.69) is 32.3 Å². The molecule has 1 aliphatic heterocycles. The first-order chi connectivity index (χ1) is 12.8. The van der Waals surface area contributed by atoms with Crippen LogP contribution in [0, 0.1) is 5.92 Å². The molecule has 0 aliphatic carbocycles. The third kappa shape index (κ3) is 3.28. The van der Waals surface area contributed by atoms with E-state index in [9.17, 15) is 0 Å². The molecule has 0 amide bonds. The van der Waals surface area contributed by atoms with Crippen molar-refractivity contribution in [3.05, 3.63) is 36.9 Å². The van der Waals surface area contributed by atoms with Crippen LogP contribution in [0.3, 0.4) is 0 Å². The summed E-state index contributed by atoms with van der Waals surface area (Å²) < 4.78 is 13.2. The standard InChI is InChI=1S/C18H22N6O2/c1-3-23-9-13(10-23)11-26-15-7-17(19-8-16(15)25-2)21-14-5-4-6-24-12-20-22-18(14)24/h4-8,12-13H,3,9-11H2,1-2H3,(H,19,21). The van der Waals surface area contributed by atoms with Gasteiger partial charge in [-0.1, -0.05) is 6.92 Å². The summed E-state index contributed by atoms with van der Waals surface area (Å²) in [6.45, 7) is 6.12. The molecule has 1 aliphatic rings. The molecule has 0 atom stereocenters. The third-order valence-corrected chi connectivity index (χ3v) is 4.59. The summed E-state index contributed by atoms with van der Waals surface area (Å²) >= 11 is 0. The quantitative estimate of drug-likeness (QED) is 0.697. The minimum atomic E-state index is 0.564. The van der Waals surface area contributed by atoms with Gasteiger partial charge in [0.2, 0.25) is 0 Å². The van der Waals surface area contributed by atoms with Gasteiger partial charge in [0.25, 0.3) is 0 Å². The van der Waals surface area contributed by atoms with Crippen molar-refractivity contribution < 1.29 is 9.47 Å². The molecule has 0 radical (unpaired) electrons. The Morgan fingerprint density at radius 3 is 3.00 bits per heavy atom. The van der Waals surface area contributed by atoms with Crippen molar-refractivity contribution in [1.82, 2.24) is 24.5 Å². The fraction of sp³-hybridized carbons (Fsp3) is 0.389. The Labute approximate surface area is 151 Å². The average Bonchev–Trinajstić information content (AvgIpc) is 3.11. The van der Waals surface area contributed by atoms with Gasteiger partial charge in [-0.3, -0.25) is 4.40 Å². The lowest BCUT2D eigenvalue weighted by Gasteiger charge is -2.38. The summed E-state index contributed by atoms with van der Waals surface area (Å²) in [4.78, 5) is 6.79. The zero-order valence-electron chi connectivity index (χ0n) is 14.9. The van der Waals surface area contributed by atoms with E-state index in [1.807, 2.05) is 28.8 Å². The summed E-state index contributed by atoms with van der Waals surface area (Å²) in [5, 5.41) is 11.3. The van der Waals surface area contributed by atoms with Crippen LogP contribution >= 0.6 is 0 Å². The molecule has 1 N–H and O–H groups in total. The summed E-state index contributed by atoms with van der Waals surface area (Å²) in [7, 11) is 1.62. The number of nitrogens with one attached hydrogen (secondary N) is 1. The van der Waals surface area contributed by atoms with Crippen LogP contribution in [0.2, 0.25) is 0 Å². The Bertz CT molecular complexity index is 890. The van der Waals surface area contributed by atoms with E-state index in [0.29, 0.717) is 29.8 Å². The number of fused-ring (bicyclic) bond motifs is 1. The van der Waals surface area contributed by atoms with Gasteiger partial charge in [0.1, 0.15) is 12.1 Å². The zero-order chi connectivity index (χ0) is 17.9. The second-order valence-electron chi connectivity index (χ2n) is 6.36. The molecule has 0 spiro atoms. The molecular formula is C18H22N6O2. The van der Waals surface area contributed by atoms with E-state index in [-0.39, 0.29) is 0 Å². The average molecular weight is 354 g/mol. The Balaban J connectivity index is 1.49. The maximum atomic E-state index is 6.01. The molecule has 4 heterocycles. The molecule has 3 aromatic rings. The number of rotatable bonds is 7. The van der Waals surface area contributed by atoms with Gasteiger partial charge >= 0.3 is 0 Å². The number of anilines is 2. The van der Waals surface area contributed by atoms with E-state index >= 15 is 0 Å². The molecule has 0 saturated carbocycles. The van der Waals surface area contributed by atoms with Crippen LogP contribution < -0.4 is 14.8 Å². The molecule has 0 bridgehead atoms. The molecule has 8 nitrogen and oxygen atoms in total. The normalized spacial score (nSPS) is 15.0. The number of hydrogen-bond donors (Lipinski definition) is 1. The monoisotopic (exact) mass is 354 g/mol. The van der Waals surface area contributed by atoms with Gasteiger partial charge in [0, 0.05) is 31.3 Å². The Kier molecular flexibility index (Phi) is 4.57. The number of ether oxygens (including phenoxy) is 2. The Hall–Kier alpha value is -2.87. The molecule has 3 aromatic heterocycles. The first-order valence-corrected chi connectivity index (χ1v) is 8.71. The highest BCUT2D eigenvalue weighted by Gasteiger charge is 2.26. The van der Waals surface area contributed by atoms with Crippen LogP contribution in [-0.4, -0.2) is 57.8 Å². The van der Waals surface area contributed by atoms with Crippen LogP contribution in [0.25, 0.3) is 5.65 Å². The minimum absolute atomic E-state index is 0.564. The molecule has 8 heteroatoms. The molecular weight excluding hydrogens is 332 g/mol. The number of methoxy groups -OCH3 is 1. The van der Waals surface area contributed by atoms with Crippen molar-refractivity contribution >= 4 is 17.2 Å². The maximum Gasteiger partial charge on any atom is 0.184 e. The van der Waals surface area contributed by atoms with Gasteiger partial charge in [-0.2, -0.15) is 0 Å². The fourth-order valence-corrected chi connectivity index (χ4v) is 3.09. The van der Waals surface area contributed by atoms with Crippen molar-refractivity contribution in [2.24, 2.45) is 5.92 Å². The number of aromatic nitrogens is 4. The first-order valence-electron chi connectivity index (χ1n) is 8.71. The third-order valence-electron chi connectivity index (χ3n) is 4.59. The van der Waals surface area contributed by atoms with Crippen molar-refractivity contribution in [3.8, 4) is 11.5 Å². The van der Waals surface area contributed by atoms with Gasteiger partial charge < -0.3 is 19.7 Å². The lowest BCUT2D eigenvalue weighted by molar-refractivity contribution is 0.0662. The summed E-state index contributed by atoms with van der Waals surface area (Å²) in [5.74, 6) is 2.55. The number of likely N-dealkylation sites (tertiary alicyclic amines) is 1. The second-order valence-corrected chi connectivity index (χ2v) is 6.36. The molecule has 4 rings (SSSR count). The number of nitrogens with zero attached hydrogens (tertiary/aromatic N) is 5. The number of pyridine rings is 2. The highest BCUT2D eigenvalue weighted by molar-refractivity contribution is 5.72. The SMILES string of the molecule is CCN1CC(COc2cc(Nc3cccn4cnnc34)ncc2OC)C1. The summed E-state index contributed by atoms with van der Waals surface area (Å²) in [6.07, 6.45) is 5.23. The highest BCUT2D eigenvalue weighted by atomic mass is 16.5. The predicted molar refractivity (Wildman–Crippen MR) is 98.2 cm³/mol. The molecule has 0 aromatic carbocycles. The van der Waals surface area contributed by atoms with Crippen molar-refractivity contribution in [3.63, 3.8) is 0 Å². The van der Waals surface area contributed by atoms with E-state index in [1.54, 1.807) is 19.6 Å². The van der Waals surface area contributed by atoms with E-state index in [4.69, 9.17) is 9.47 Å². The van der Waals surface area contributed by atoms with Gasteiger partial charge in [0.15, 0.2) is 17.1 Å². The molecule has 26 heavy (non-hydrogen) atoms. The number of hydrogen-bond acceptors (Lipinski definition) is 7. The Morgan fingerprint density at radius 2 is 2.19 bits per heavy atom. The molecule has 1 fully saturated rings. The maximum absolute atomic E-state index is 6.01. The van der Waals surface area contributed by atoms with Gasteiger partial charge in [-0.05, 0) is 18.7 Å². The van der Waals surface area contributed by atoms with E-state index < -0.39 is 0 Å². The topological polar surface area (TPSA) is 76.8 Å². The molecule has 0 unspecified atom stereocenters. The Morgan fingerprint density at radius 1 is 1.31 bits per heavy atom. The first kappa shape index (κ1) is 16.6. The smallest absolute Gasteiger partial charge is 0.184 e. The minimum Gasteiger partial charge on any atom is -0.491 e.